The summed E-state index contributed by atoms with van der Waals surface area (Å²) in [6.45, 7) is 0. The van der Waals surface area contributed by atoms with Crippen LogP contribution in [0.25, 0.3) is 0 Å². The Morgan fingerprint density at radius 1 is 1.19 bits per heavy atom. The lowest BCUT2D eigenvalue weighted by Gasteiger charge is -1.99. The van der Waals surface area contributed by atoms with E-state index >= 15 is 0 Å². The maximum Gasteiger partial charge on any atom is 0.120 e. The Kier molecular flexibility index (Phi) is 6.91. The Balaban J connectivity index is 2.25. The number of aldehydes is 1. The Morgan fingerprint density at radius 2 is 1.94 bits per heavy atom. The van der Waals surface area contributed by atoms with Crippen LogP contribution in [0.4, 0.5) is 0 Å². The van der Waals surface area contributed by atoms with Crippen molar-refractivity contribution >= 4 is 28.9 Å². The lowest BCUT2D eigenvalue weighted by atomic mass is 10.1. The second kappa shape index (κ2) is 8.35. The Labute approximate surface area is 111 Å². The number of aryl methyl sites for hydroxylation is 1. The molecular formula is C14H15IO. The summed E-state index contributed by atoms with van der Waals surface area (Å²) in [5.74, 6) is 6.25. The van der Waals surface area contributed by atoms with Gasteiger partial charge in [0.1, 0.15) is 6.29 Å². The minimum atomic E-state index is 0.630. The van der Waals surface area contributed by atoms with Gasteiger partial charge in [-0.25, -0.2) is 0 Å². The van der Waals surface area contributed by atoms with Gasteiger partial charge in [0.05, 0.1) is 0 Å². The molecule has 84 valence electrons. The fourth-order valence-corrected chi connectivity index (χ4v) is 2.01. The first-order valence-electron chi connectivity index (χ1n) is 5.47. The summed E-state index contributed by atoms with van der Waals surface area (Å²) in [5, 5.41) is 0. The van der Waals surface area contributed by atoms with E-state index in [1.54, 1.807) is 0 Å². The summed E-state index contributed by atoms with van der Waals surface area (Å²) < 4.78 is 1.31. The lowest BCUT2D eigenvalue weighted by molar-refractivity contribution is -0.107. The highest BCUT2D eigenvalue weighted by molar-refractivity contribution is 14.1. The highest BCUT2D eigenvalue weighted by Crippen LogP contribution is 2.12. The van der Waals surface area contributed by atoms with Gasteiger partial charge >= 0.3 is 0 Å². The van der Waals surface area contributed by atoms with E-state index in [1.807, 2.05) is 0 Å². The smallest absolute Gasteiger partial charge is 0.120 e. The van der Waals surface area contributed by atoms with Gasteiger partial charge in [0, 0.05) is 22.8 Å². The summed E-state index contributed by atoms with van der Waals surface area (Å²) in [7, 11) is 0. The molecule has 0 atom stereocenters. The second-order valence-electron chi connectivity index (χ2n) is 3.50. The van der Waals surface area contributed by atoms with Gasteiger partial charge in [-0.15, -0.1) is 11.8 Å². The minimum absolute atomic E-state index is 0.630. The number of carbonyl (C=O) groups is 1. The van der Waals surface area contributed by atoms with E-state index in [9.17, 15) is 4.79 Å². The zero-order chi connectivity index (χ0) is 11.6. The number of hydrogen-bond acceptors (Lipinski definition) is 1. The number of benzene rings is 1. The van der Waals surface area contributed by atoms with Crippen molar-refractivity contribution in [2.24, 2.45) is 0 Å². The average molecular weight is 326 g/mol. The van der Waals surface area contributed by atoms with Crippen LogP contribution < -0.4 is 0 Å². The summed E-state index contributed by atoms with van der Waals surface area (Å²) >= 11 is 2.35. The topological polar surface area (TPSA) is 17.1 Å². The molecule has 0 saturated carbocycles. The second-order valence-corrected chi connectivity index (χ2v) is 4.67. The molecule has 0 N–H and O–H groups in total. The fraction of sp³-hybridized carbons (Fsp3) is 0.357. The van der Waals surface area contributed by atoms with E-state index in [4.69, 9.17) is 0 Å². The molecule has 0 radical (unpaired) electrons. The van der Waals surface area contributed by atoms with Gasteiger partial charge < -0.3 is 4.79 Å². The van der Waals surface area contributed by atoms with E-state index in [0.29, 0.717) is 6.42 Å². The van der Waals surface area contributed by atoms with Crippen LogP contribution in [0.5, 0.6) is 0 Å². The number of hydrogen-bond donors (Lipinski definition) is 0. The molecule has 16 heavy (non-hydrogen) atoms. The van der Waals surface area contributed by atoms with Crippen LogP contribution in [0, 0.1) is 15.4 Å². The van der Waals surface area contributed by atoms with Gasteiger partial charge in [-0.3, -0.25) is 0 Å². The van der Waals surface area contributed by atoms with Gasteiger partial charge in [-0.05, 0) is 47.1 Å². The Morgan fingerprint density at radius 3 is 2.69 bits per heavy atom. The Hall–Kier alpha value is -0.820. The highest BCUT2D eigenvalue weighted by Gasteiger charge is 1.95. The van der Waals surface area contributed by atoms with Crippen LogP contribution in [0.15, 0.2) is 24.3 Å². The molecule has 1 nitrogen and oxygen atoms in total. The van der Waals surface area contributed by atoms with Crippen LogP contribution in [-0.4, -0.2) is 6.29 Å². The predicted octanol–water partition coefficient (Wildman–Crippen LogP) is 3.60. The third kappa shape index (κ3) is 5.32. The van der Waals surface area contributed by atoms with Crippen LogP contribution in [-0.2, 0) is 11.2 Å². The molecule has 1 aromatic carbocycles. The van der Waals surface area contributed by atoms with Gasteiger partial charge in [0.15, 0.2) is 0 Å². The molecule has 2 heteroatoms. The molecule has 0 aromatic heterocycles. The fourth-order valence-electron chi connectivity index (χ4n) is 1.35. The predicted molar refractivity (Wildman–Crippen MR) is 75.2 cm³/mol. The standard InChI is InChI=1S/C14H15IO/c15-14-11-7-6-10-13(14)9-5-3-1-2-4-8-12-16/h6-7,10-12H,2,4-5,8-9H2. The zero-order valence-corrected chi connectivity index (χ0v) is 11.4. The molecule has 1 aromatic rings. The first-order valence-corrected chi connectivity index (χ1v) is 6.55. The normalized spacial score (nSPS) is 9.31. The summed E-state index contributed by atoms with van der Waals surface area (Å²) in [6, 6.07) is 8.38. The number of rotatable bonds is 5. The minimum Gasteiger partial charge on any atom is -0.303 e. The molecule has 0 heterocycles. The van der Waals surface area contributed by atoms with Crippen LogP contribution in [0.3, 0.4) is 0 Å². The first kappa shape index (κ1) is 13.2. The maximum absolute atomic E-state index is 10.1. The molecule has 0 aliphatic rings. The molecule has 0 aliphatic heterocycles. The van der Waals surface area contributed by atoms with Crippen LogP contribution >= 0.6 is 22.6 Å². The largest absolute Gasteiger partial charge is 0.303 e. The molecule has 0 unspecified atom stereocenters. The van der Waals surface area contributed by atoms with E-state index in [1.165, 1.54) is 9.13 Å². The maximum atomic E-state index is 10.1. The van der Waals surface area contributed by atoms with Crippen molar-refractivity contribution in [2.45, 2.75) is 32.1 Å². The zero-order valence-electron chi connectivity index (χ0n) is 9.21. The molecular weight excluding hydrogens is 311 g/mol. The van der Waals surface area contributed by atoms with Gasteiger partial charge in [-0.2, -0.15) is 0 Å². The molecule has 0 saturated heterocycles. The summed E-state index contributed by atoms with van der Waals surface area (Å²) in [4.78, 5) is 10.1. The van der Waals surface area contributed by atoms with Crippen molar-refractivity contribution < 1.29 is 4.79 Å². The number of unbranched alkanes of at least 4 members (excludes halogenated alkanes) is 2. The van der Waals surface area contributed by atoms with Crippen molar-refractivity contribution in [1.29, 1.82) is 0 Å². The SMILES string of the molecule is O=CCCCC#CCCc1ccccc1I. The van der Waals surface area contributed by atoms with E-state index in [0.717, 1.165) is 32.0 Å². The molecule has 0 bridgehead atoms. The van der Waals surface area contributed by atoms with Crippen molar-refractivity contribution in [3.8, 4) is 11.8 Å². The molecule has 0 fully saturated rings. The lowest BCUT2D eigenvalue weighted by Crippen LogP contribution is -1.87. The molecule has 0 aliphatic carbocycles. The molecule has 0 spiro atoms. The van der Waals surface area contributed by atoms with Gasteiger partial charge in [0.2, 0.25) is 0 Å². The third-order valence-electron chi connectivity index (χ3n) is 2.23. The van der Waals surface area contributed by atoms with Gasteiger partial charge in [-0.1, -0.05) is 18.2 Å². The quantitative estimate of drug-likeness (QED) is 0.350. The van der Waals surface area contributed by atoms with E-state index in [-0.39, 0.29) is 0 Å². The Bertz CT molecular complexity index is 387. The molecule has 1 rings (SSSR count). The molecule has 0 amide bonds. The third-order valence-corrected chi connectivity index (χ3v) is 3.28. The van der Waals surface area contributed by atoms with Gasteiger partial charge in [0.25, 0.3) is 0 Å². The highest BCUT2D eigenvalue weighted by atomic mass is 127. The average Bonchev–Trinajstić information content (AvgIpc) is 2.30. The monoisotopic (exact) mass is 326 g/mol. The van der Waals surface area contributed by atoms with Crippen molar-refractivity contribution in [1.82, 2.24) is 0 Å². The van der Waals surface area contributed by atoms with Crippen LogP contribution in [0.2, 0.25) is 0 Å². The summed E-state index contributed by atoms with van der Waals surface area (Å²) in [6.07, 6.45) is 5.23. The van der Waals surface area contributed by atoms with Crippen LogP contribution in [0.1, 0.15) is 31.2 Å². The van der Waals surface area contributed by atoms with E-state index in [2.05, 4.69) is 58.7 Å². The van der Waals surface area contributed by atoms with Crippen molar-refractivity contribution in [3.63, 3.8) is 0 Å². The van der Waals surface area contributed by atoms with E-state index < -0.39 is 0 Å². The first-order chi connectivity index (χ1) is 7.84. The van der Waals surface area contributed by atoms with Crippen molar-refractivity contribution in [2.75, 3.05) is 0 Å². The number of carbonyl (C=O) groups excluding carboxylic acids is 1. The van der Waals surface area contributed by atoms with Crippen molar-refractivity contribution in [3.05, 3.63) is 33.4 Å². The number of halogens is 1. The summed E-state index contributed by atoms with van der Waals surface area (Å²) in [5.41, 5.74) is 1.37.